The summed E-state index contributed by atoms with van der Waals surface area (Å²) in [4.78, 5) is 8.43. The van der Waals surface area contributed by atoms with Crippen LogP contribution < -0.4 is 16.4 Å². The molecule has 6 heteroatoms. The van der Waals surface area contributed by atoms with Crippen LogP contribution in [0.25, 0.3) is 0 Å². The van der Waals surface area contributed by atoms with Crippen molar-refractivity contribution in [3.8, 4) is 0 Å². The van der Waals surface area contributed by atoms with Crippen LogP contribution in [0.4, 0.5) is 17.6 Å². The molecule has 2 heterocycles. The smallest absolute Gasteiger partial charge is 0.223 e. The summed E-state index contributed by atoms with van der Waals surface area (Å²) in [6, 6.07) is 1.91. The van der Waals surface area contributed by atoms with Gasteiger partial charge in [-0.1, -0.05) is 6.92 Å². The van der Waals surface area contributed by atoms with E-state index in [0.717, 1.165) is 50.7 Å². The molecule has 0 amide bonds. The van der Waals surface area contributed by atoms with Gasteiger partial charge in [0.15, 0.2) is 0 Å². The Bertz CT molecular complexity index is 417. The van der Waals surface area contributed by atoms with Crippen molar-refractivity contribution >= 4 is 17.6 Å². The number of nitrogens with zero attached hydrogens (tertiary/aromatic N) is 2. The van der Waals surface area contributed by atoms with Crippen molar-refractivity contribution in [1.82, 2.24) is 9.97 Å². The third-order valence-electron chi connectivity index (χ3n) is 3.33. The highest BCUT2D eigenvalue weighted by Crippen LogP contribution is 2.25. The lowest BCUT2D eigenvalue weighted by Crippen LogP contribution is -2.40. The minimum absolute atomic E-state index is 0.0150. The van der Waals surface area contributed by atoms with Gasteiger partial charge in [-0.25, -0.2) is 0 Å². The number of rotatable bonds is 5. The molecule has 0 radical (unpaired) electrons. The Morgan fingerprint density at radius 2 is 2.00 bits per heavy atom. The molecule has 0 atom stereocenters. The van der Waals surface area contributed by atoms with Crippen LogP contribution in [0.15, 0.2) is 6.07 Å². The van der Waals surface area contributed by atoms with E-state index in [1.165, 1.54) is 0 Å². The SMILES string of the molecule is CCCNc1cc(NC2(C)CCOCC2)nc(N)n1. The number of anilines is 3. The maximum atomic E-state index is 5.75. The number of nitrogens with one attached hydrogen (secondary N) is 2. The van der Waals surface area contributed by atoms with Gasteiger partial charge in [-0.2, -0.15) is 9.97 Å². The van der Waals surface area contributed by atoms with E-state index in [1.54, 1.807) is 0 Å². The van der Waals surface area contributed by atoms with Crippen LogP contribution in [0.3, 0.4) is 0 Å². The maximum absolute atomic E-state index is 5.75. The summed E-state index contributed by atoms with van der Waals surface area (Å²) in [5, 5.41) is 6.69. The third-order valence-corrected chi connectivity index (χ3v) is 3.33. The predicted molar refractivity (Wildman–Crippen MR) is 77.3 cm³/mol. The Balaban J connectivity index is 2.08. The first-order valence-corrected chi connectivity index (χ1v) is 6.86. The van der Waals surface area contributed by atoms with Crippen molar-refractivity contribution in [2.24, 2.45) is 0 Å². The lowest BCUT2D eigenvalue weighted by atomic mass is 9.92. The molecule has 1 aliphatic rings. The summed E-state index contributed by atoms with van der Waals surface area (Å²) < 4.78 is 5.39. The van der Waals surface area contributed by atoms with Gasteiger partial charge in [0.2, 0.25) is 5.95 Å². The Labute approximate surface area is 114 Å². The summed E-state index contributed by atoms with van der Waals surface area (Å²) in [5.41, 5.74) is 5.77. The number of hydrogen-bond acceptors (Lipinski definition) is 6. The second kappa shape index (κ2) is 6.06. The molecule has 1 aromatic rings. The van der Waals surface area contributed by atoms with Gasteiger partial charge in [0, 0.05) is 31.4 Å². The maximum Gasteiger partial charge on any atom is 0.223 e. The van der Waals surface area contributed by atoms with Crippen molar-refractivity contribution in [2.75, 3.05) is 36.1 Å². The Kier molecular flexibility index (Phi) is 4.42. The van der Waals surface area contributed by atoms with Gasteiger partial charge < -0.3 is 21.1 Å². The van der Waals surface area contributed by atoms with Gasteiger partial charge >= 0.3 is 0 Å². The second-order valence-corrected chi connectivity index (χ2v) is 5.22. The quantitative estimate of drug-likeness (QED) is 0.753. The zero-order chi connectivity index (χ0) is 13.7. The van der Waals surface area contributed by atoms with Gasteiger partial charge in [-0.15, -0.1) is 0 Å². The topological polar surface area (TPSA) is 85.1 Å². The molecule has 0 spiro atoms. The van der Waals surface area contributed by atoms with Crippen LogP contribution >= 0.6 is 0 Å². The number of ether oxygens (including phenoxy) is 1. The molecule has 0 bridgehead atoms. The average Bonchev–Trinajstić information content (AvgIpc) is 2.36. The molecule has 1 fully saturated rings. The number of nitrogen functional groups attached to an aromatic ring is 1. The van der Waals surface area contributed by atoms with E-state index in [1.807, 2.05) is 6.07 Å². The first-order chi connectivity index (χ1) is 9.11. The van der Waals surface area contributed by atoms with Crippen molar-refractivity contribution in [3.63, 3.8) is 0 Å². The zero-order valence-corrected chi connectivity index (χ0v) is 11.7. The standard InChI is InChI=1S/C13H23N5O/c1-3-6-15-10-9-11(17-12(14)16-10)18-13(2)4-7-19-8-5-13/h9H,3-8H2,1-2H3,(H4,14,15,16,17,18). The molecule has 1 saturated heterocycles. The lowest BCUT2D eigenvalue weighted by Gasteiger charge is -2.35. The third kappa shape index (κ3) is 3.96. The van der Waals surface area contributed by atoms with Gasteiger partial charge in [0.05, 0.1) is 0 Å². The minimum atomic E-state index is 0.0150. The van der Waals surface area contributed by atoms with Crippen LogP contribution in [0.5, 0.6) is 0 Å². The summed E-state index contributed by atoms with van der Waals surface area (Å²) in [7, 11) is 0. The van der Waals surface area contributed by atoms with Gasteiger partial charge in [0.25, 0.3) is 0 Å². The summed E-state index contributed by atoms with van der Waals surface area (Å²) in [6.45, 7) is 6.74. The van der Waals surface area contributed by atoms with Gasteiger partial charge in [0.1, 0.15) is 11.6 Å². The van der Waals surface area contributed by atoms with E-state index < -0.39 is 0 Å². The number of aromatic nitrogens is 2. The predicted octanol–water partition coefficient (Wildman–Crippen LogP) is 1.86. The molecule has 1 aliphatic heterocycles. The lowest BCUT2D eigenvalue weighted by molar-refractivity contribution is 0.0657. The number of nitrogens with two attached hydrogens (primary N) is 1. The van der Waals surface area contributed by atoms with Crippen LogP contribution in [0, 0.1) is 0 Å². The highest BCUT2D eigenvalue weighted by atomic mass is 16.5. The summed E-state index contributed by atoms with van der Waals surface area (Å²) in [5.74, 6) is 1.84. The molecular weight excluding hydrogens is 242 g/mol. The molecular formula is C13H23N5O. The van der Waals surface area contributed by atoms with E-state index in [4.69, 9.17) is 10.5 Å². The number of hydrogen-bond donors (Lipinski definition) is 3. The fourth-order valence-corrected chi connectivity index (χ4v) is 2.13. The molecule has 1 aromatic heterocycles. The monoisotopic (exact) mass is 265 g/mol. The molecule has 0 aliphatic carbocycles. The highest BCUT2D eigenvalue weighted by Gasteiger charge is 2.27. The Morgan fingerprint density at radius 3 is 2.68 bits per heavy atom. The highest BCUT2D eigenvalue weighted by molar-refractivity contribution is 5.52. The van der Waals surface area contributed by atoms with E-state index in [0.29, 0.717) is 5.95 Å². The van der Waals surface area contributed by atoms with Crippen molar-refractivity contribution in [3.05, 3.63) is 6.07 Å². The first-order valence-electron chi connectivity index (χ1n) is 6.86. The van der Waals surface area contributed by atoms with E-state index in [9.17, 15) is 0 Å². The summed E-state index contributed by atoms with van der Waals surface area (Å²) >= 11 is 0. The first kappa shape index (κ1) is 13.9. The Morgan fingerprint density at radius 1 is 1.32 bits per heavy atom. The van der Waals surface area contributed by atoms with Crippen LogP contribution in [-0.2, 0) is 4.74 Å². The molecule has 0 saturated carbocycles. The zero-order valence-electron chi connectivity index (χ0n) is 11.7. The molecule has 0 aromatic carbocycles. The van der Waals surface area contributed by atoms with Crippen LogP contribution in [-0.4, -0.2) is 35.3 Å². The fraction of sp³-hybridized carbons (Fsp3) is 0.692. The van der Waals surface area contributed by atoms with Crippen molar-refractivity contribution in [1.29, 1.82) is 0 Å². The van der Waals surface area contributed by atoms with Crippen molar-refractivity contribution in [2.45, 2.75) is 38.6 Å². The average molecular weight is 265 g/mol. The molecule has 19 heavy (non-hydrogen) atoms. The van der Waals surface area contributed by atoms with Crippen molar-refractivity contribution < 1.29 is 4.74 Å². The van der Waals surface area contributed by atoms with E-state index >= 15 is 0 Å². The largest absolute Gasteiger partial charge is 0.381 e. The van der Waals surface area contributed by atoms with Crippen LogP contribution in [0.2, 0.25) is 0 Å². The molecule has 0 unspecified atom stereocenters. The van der Waals surface area contributed by atoms with E-state index in [2.05, 4.69) is 34.4 Å². The van der Waals surface area contributed by atoms with Gasteiger partial charge in [-0.3, -0.25) is 0 Å². The Hall–Kier alpha value is -1.56. The molecule has 6 nitrogen and oxygen atoms in total. The van der Waals surface area contributed by atoms with Crippen LogP contribution in [0.1, 0.15) is 33.1 Å². The minimum Gasteiger partial charge on any atom is -0.381 e. The molecule has 106 valence electrons. The second-order valence-electron chi connectivity index (χ2n) is 5.22. The summed E-state index contributed by atoms with van der Waals surface area (Å²) in [6.07, 6.45) is 2.98. The van der Waals surface area contributed by atoms with Gasteiger partial charge in [-0.05, 0) is 26.2 Å². The molecule has 2 rings (SSSR count). The normalized spacial score (nSPS) is 18.0. The van der Waals surface area contributed by atoms with E-state index in [-0.39, 0.29) is 5.54 Å². The molecule has 4 N–H and O–H groups in total. The fourth-order valence-electron chi connectivity index (χ4n) is 2.13.